The van der Waals surface area contributed by atoms with Gasteiger partial charge in [-0.1, -0.05) is 42.0 Å². The van der Waals surface area contributed by atoms with Gasteiger partial charge in [0, 0.05) is 46.1 Å². The van der Waals surface area contributed by atoms with E-state index < -0.39 is 20.6 Å². The Hall–Kier alpha value is -3.46. The molecule has 0 atom stereocenters. The molecule has 0 radical (unpaired) electrons. The fraction of sp³-hybridized carbons (Fsp3) is 0.120. The summed E-state index contributed by atoms with van der Waals surface area (Å²) in [5.41, 5.74) is 2.47. The number of fused-ring (bicyclic) bond motifs is 3. The van der Waals surface area contributed by atoms with Gasteiger partial charge in [0.25, 0.3) is 0 Å². The average Bonchev–Trinajstić information content (AvgIpc) is 3.20. The summed E-state index contributed by atoms with van der Waals surface area (Å²) in [6, 6.07) is 15.9. The monoisotopic (exact) mass is 373 g/mol. The van der Waals surface area contributed by atoms with Gasteiger partial charge in [-0.3, -0.25) is 4.98 Å². The van der Waals surface area contributed by atoms with Crippen LogP contribution in [0, 0.1) is 20.6 Å². The number of furan rings is 1. The molecule has 0 fully saturated rings. The Morgan fingerprint density at radius 1 is 0.857 bits per heavy atom. The lowest BCUT2D eigenvalue weighted by atomic mass is 9.99. The molecule has 0 aliphatic rings. The van der Waals surface area contributed by atoms with E-state index in [0.29, 0.717) is 38.7 Å². The zero-order valence-corrected chi connectivity index (χ0v) is 14.7. The van der Waals surface area contributed by atoms with Gasteiger partial charge in [0.2, 0.25) is 5.71 Å². The Labute approximate surface area is 176 Å². The largest absolute Gasteiger partial charge is 0.437 e. The Balaban J connectivity index is 1.66. The SMILES string of the molecule is [2H]C([2H])([2H])c1ccc(-c2cnc(-c3cccc4c3oc3nc(C([2H])([2H])[2H])ccc34)cc2C([2H])([2H])[2H])cc1. The Kier molecular flexibility index (Phi) is 2.17. The van der Waals surface area contributed by atoms with Gasteiger partial charge in [0.15, 0.2) is 0 Å². The second-order valence-corrected chi connectivity index (χ2v) is 6.53. The predicted octanol–water partition coefficient (Wildman–Crippen LogP) is 6.64. The fourth-order valence-corrected chi connectivity index (χ4v) is 3.36. The second-order valence-electron chi connectivity index (χ2n) is 6.53. The maximum atomic E-state index is 8.13. The van der Waals surface area contributed by atoms with Crippen molar-refractivity contribution in [2.24, 2.45) is 0 Å². The first kappa shape index (κ1) is 9.65. The summed E-state index contributed by atoms with van der Waals surface area (Å²) in [6.07, 6.45) is 1.45. The summed E-state index contributed by atoms with van der Waals surface area (Å²) in [4.78, 5) is 8.69. The van der Waals surface area contributed by atoms with Crippen molar-refractivity contribution < 1.29 is 16.8 Å². The van der Waals surface area contributed by atoms with Crippen LogP contribution in [-0.4, -0.2) is 9.97 Å². The lowest BCUT2D eigenvalue weighted by Crippen LogP contribution is -1.90. The normalized spacial score (nSPS) is 17.5. The molecule has 3 nitrogen and oxygen atoms in total. The minimum absolute atomic E-state index is 0.0510. The minimum Gasteiger partial charge on any atom is -0.437 e. The highest BCUT2D eigenvalue weighted by molar-refractivity contribution is 6.08. The van der Waals surface area contributed by atoms with Crippen molar-refractivity contribution in [2.45, 2.75) is 20.6 Å². The van der Waals surface area contributed by atoms with Crippen LogP contribution in [0.4, 0.5) is 0 Å². The number of rotatable bonds is 2. The van der Waals surface area contributed by atoms with Crippen molar-refractivity contribution in [2.75, 3.05) is 0 Å². The third kappa shape index (κ3) is 2.67. The van der Waals surface area contributed by atoms with Crippen LogP contribution in [0.3, 0.4) is 0 Å². The summed E-state index contributed by atoms with van der Waals surface area (Å²) in [5, 5.41) is 1.32. The van der Waals surface area contributed by atoms with E-state index in [-0.39, 0.29) is 22.5 Å². The standard InChI is InChI=1S/C25H20N2O/c1-15-7-10-18(11-8-15)22-14-26-23(13-16(22)2)21-6-4-5-19-20-12-9-17(3)27-25(20)28-24(19)21/h4-14H,1-3H3/i1D3,2D3,3D3. The van der Waals surface area contributed by atoms with Crippen molar-refractivity contribution >= 4 is 22.1 Å². The van der Waals surface area contributed by atoms with Crippen LogP contribution in [0.25, 0.3) is 44.5 Å². The topological polar surface area (TPSA) is 38.9 Å². The molecule has 0 bridgehead atoms. The molecule has 5 rings (SSSR count). The number of hydrogen-bond donors (Lipinski definition) is 0. The van der Waals surface area contributed by atoms with Crippen molar-refractivity contribution in [3.05, 3.63) is 83.7 Å². The number of pyridine rings is 2. The molecule has 2 aromatic carbocycles. The van der Waals surface area contributed by atoms with Crippen LogP contribution in [0.2, 0.25) is 0 Å². The molecule has 0 aliphatic heterocycles. The van der Waals surface area contributed by atoms with Crippen LogP contribution in [0.15, 0.2) is 71.3 Å². The second kappa shape index (κ2) is 6.31. The number of aryl methyl sites for hydroxylation is 3. The van der Waals surface area contributed by atoms with E-state index in [0.717, 1.165) is 0 Å². The van der Waals surface area contributed by atoms with Gasteiger partial charge in [-0.25, -0.2) is 4.98 Å². The average molecular weight is 374 g/mol. The lowest BCUT2D eigenvalue weighted by molar-refractivity contribution is 0.653. The fourth-order valence-electron chi connectivity index (χ4n) is 3.36. The summed E-state index contributed by atoms with van der Waals surface area (Å²) < 4.78 is 75.8. The molecule has 5 aromatic rings. The van der Waals surface area contributed by atoms with E-state index in [9.17, 15) is 0 Å². The molecule has 0 saturated heterocycles. The van der Waals surface area contributed by atoms with E-state index >= 15 is 0 Å². The van der Waals surface area contributed by atoms with Gasteiger partial charge in [0.05, 0.1) is 5.69 Å². The van der Waals surface area contributed by atoms with E-state index in [2.05, 4.69) is 9.97 Å². The first-order chi connectivity index (χ1) is 17.2. The molecule has 0 amide bonds. The number of hydrogen-bond acceptors (Lipinski definition) is 3. The maximum Gasteiger partial charge on any atom is 0.227 e. The van der Waals surface area contributed by atoms with Crippen LogP contribution in [0.5, 0.6) is 0 Å². The molecule has 28 heavy (non-hydrogen) atoms. The molecule has 0 spiro atoms. The van der Waals surface area contributed by atoms with E-state index in [4.69, 9.17) is 16.8 Å². The Morgan fingerprint density at radius 3 is 2.61 bits per heavy atom. The smallest absolute Gasteiger partial charge is 0.227 e. The number of benzene rings is 2. The van der Waals surface area contributed by atoms with Crippen LogP contribution < -0.4 is 0 Å². The van der Waals surface area contributed by atoms with Crippen molar-refractivity contribution in [3.8, 4) is 22.4 Å². The third-order valence-corrected chi connectivity index (χ3v) is 4.74. The quantitative estimate of drug-likeness (QED) is 0.348. The highest BCUT2D eigenvalue weighted by atomic mass is 16.3. The van der Waals surface area contributed by atoms with E-state index in [1.165, 1.54) is 30.5 Å². The summed E-state index contributed by atoms with van der Waals surface area (Å²) in [5.74, 6) is 0. The lowest BCUT2D eigenvalue weighted by Gasteiger charge is -2.09. The van der Waals surface area contributed by atoms with Gasteiger partial charge >= 0.3 is 0 Å². The van der Waals surface area contributed by atoms with Gasteiger partial charge in [-0.05, 0) is 55.9 Å². The van der Waals surface area contributed by atoms with Crippen molar-refractivity contribution in [3.63, 3.8) is 0 Å². The number of para-hydroxylation sites is 1. The maximum absolute atomic E-state index is 8.13. The molecule has 0 saturated carbocycles. The molecule has 3 heterocycles. The summed E-state index contributed by atoms with van der Waals surface area (Å²) in [6.45, 7) is -7.13. The molecule has 3 heteroatoms. The van der Waals surface area contributed by atoms with Crippen LogP contribution in [0.1, 0.15) is 29.2 Å². The molecule has 136 valence electrons. The van der Waals surface area contributed by atoms with Gasteiger partial charge in [-0.2, -0.15) is 0 Å². The van der Waals surface area contributed by atoms with Gasteiger partial charge in [-0.15, -0.1) is 0 Å². The highest BCUT2D eigenvalue weighted by Gasteiger charge is 2.14. The zero-order chi connectivity index (χ0) is 26.8. The van der Waals surface area contributed by atoms with Gasteiger partial charge in [0.1, 0.15) is 5.58 Å². The third-order valence-electron chi connectivity index (χ3n) is 4.74. The molecular formula is C25H20N2O. The van der Waals surface area contributed by atoms with Crippen molar-refractivity contribution in [1.29, 1.82) is 0 Å². The van der Waals surface area contributed by atoms with E-state index in [1.807, 2.05) is 6.07 Å². The number of aromatic nitrogens is 2. The Morgan fingerprint density at radius 2 is 1.79 bits per heavy atom. The molecule has 3 aromatic heterocycles. The summed E-state index contributed by atoms with van der Waals surface area (Å²) >= 11 is 0. The first-order valence-electron chi connectivity index (χ1n) is 13.2. The zero-order valence-electron chi connectivity index (χ0n) is 23.7. The number of nitrogens with zero attached hydrogens (tertiary/aromatic N) is 2. The molecule has 0 unspecified atom stereocenters. The highest BCUT2D eigenvalue weighted by Crippen LogP contribution is 2.35. The van der Waals surface area contributed by atoms with E-state index in [1.54, 1.807) is 30.3 Å². The van der Waals surface area contributed by atoms with Crippen LogP contribution >= 0.6 is 0 Å². The first-order valence-corrected chi connectivity index (χ1v) is 8.68. The van der Waals surface area contributed by atoms with Crippen molar-refractivity contribution in [1.82, 2.24) is 9.97 Å². The summed E-state index contributed by atoms with van der Waals surface area (Å²) in [7, 11) is 0. The molecular weight excluding hydrogens is 344 g/mol. The Bertz CT molecular complexity index is 1630. The van der Waals surface area contributed by atoms with Crippen LogP contribution in [-0.2, 0) is 0 Å². The molecule has 0 N–H and O–H groups in total. The minimum atomic E-state index is -2.48. The predicted molar refractivity (Wildman–Crippen MR) is 114 cm³/mol. The molecule has 0 aliphatic carbocycles. The van der Waals surface area contributed by atoms with Gasteiger partial charge < -0.3 is 4.42 Å².